The van der Waals surface area contributed by atoms with E-state index in [0.29, 0.717) is 5.92 Å². The van der Waals surface area contributed by atoms with Crippen LogP contribution in [-0.2, 0) is 0 Å². The van der Waals surface area contributed by atoms with E-state index in [9.17, 15) is 0 Å². The van der Waals surface area contributed by atoms with Gasteiger partial charge in [-0.3, -0.25) is 0 Å². The fraction of sp³-hybridized carbons (Fsp3) is 1.00. The van der Waals surface area contributed by atoms with Crippen LogP contribution in [0.15, 0.2) is 0 Å². The Hall–Kier alpha value is -0.120. The lowest BCUT2D eigenvalue weighted by Crippen LogP contribution is -2.45. The van der Waals surface area contributed by atoms with Crippen molar-refractivity contribution >= 4 is 0 Å². The molecule has 3 heteroatoms. The highest BCUT2D eigenvalue weighted by Crippen LogP contribution is 2.18. The Morgan fingerprint density at radius 1 is 1.28 bits per heavy atom. The second-order valence-electron chi connectivity index (χ2n) is 6.34. The molecule has 108 valence electrons. The van der Waals surface area contributed by atoms with Gasteiger partial charge in [0, 0.05) is 12.6 Å². The van der Waals surface area contributed by atoms with E-state index in [0.717, 1.165) is 18.5 Å². The average molecular weight is 255 g/mol. The maximum absolute atomic E-state index is 5.91. The summed E-state index contributed by atoms with van der Waals surface area (Å²) in [7, 11) is 2.29. The van der Waals surface area contributed by atoms with Gasteiger partial charge in [0.2, 0.25) is 0 Å². The molecule has 1 aliphatic heterocycles. The zero-order valence-corrected chi connectivity index (χ0v) is 12.9. The summed E-state index contributed by atoms with van der Waals surface area (Å²) in [6, 6.07) is 0.772. The second-order valence-corrected chi connectivity index (χ2v) is 6.34. The zero-order chi connectivity index (χ0) is 13.5. The van der Waals surface area contributed by atoms with Crippen LogP contribution in [0.2, 0.25) is 0 Å². The summed E-state index contributed by atoms with van der Waals surface area (Å²) in [5.74, 6) is 1.42. The standard InChI is InChI=1S/C15H33N3/c1-5-18-8-6-15(7-9-18)17(4)12-14(11-16)10-13(2)3/h13-15H,5-12,16H2,1-4H3. The number of piperidine rings is 1. The Morgan fingerprint density at radius 2 is 1.89 bits per heavy atom. The van der Waals surface area contributed by atoms with Gasteiger partial charge in [-0.05, 0) is 64.3 Å². The molecular formula is C15H33N3. The highest BCUT2D eigenvalue weighted by atomic mass is 15.2. The third-order valence-corrected chi connectivity index (χ3v) is 4.31. The summed E-state index contributed by atoms with van der Waals surface area (Å²) < 4.78 is 0. The largest absolute Gasteiger partial charge is 0.330 e. The second kappa shape index (κ2) is 8.13. The third kappa shape index (κ3) is 5.25. The first-order chi connectivity index (χ1) is 8.56. The Morgan fingerprint density at radius 3 is 2.33 bits per heavy atom. The highest BCUT2D eigenvalue weighted by Gasteiger charge is 2.23. The molecule has 2 N–H and O–H groups in total. The Bertz CT molecular complexity index is 210. The lowest BCUT2D eigenvalue weighted by molar-refractivity contribution is 0.116. The summed E-state index contributed by atoms with van der Waals surface area (Å²) in [4.78, 5) is 5.12. The molecule has 1 unspecified atom stereocenters. The highest BCUT2D eigenvalue weighted by molar-refractivity contribution is 4.79. The zero-order valence-electron chi connectivity index (χ0n) is 12.9. The predicted octanol–water partition coefficient (Wildman–Crippen LogP) is 2.02. The first-order valence-corrected chi connectivity index (χ1v) is 7.69. The Balaban J connectivity index is 2.33. The Labute approximate surface area is 114 Å². The molecule has 1 fully saturated rings. The minimum absolute atomic E-state index is 0.666. The number of nitrogens with zero attached hydrogens (tertiary/aromatic N) is 2. The summed E-state index contributed by atoms with van der Waals surface area (Å²) in [5, 5.41) is 0. The number of nitrogens with two attached hydrogens (primary N) is 1. The molecule has 0 aromatic heterocycles. The van der Waals surface area contributed by atoms with E-state index in [1.807, 2.05) is 0 Å². The summed E-state index contributed by atoms with van der Waals surface area (Å²) in [6.07, 6.45) is 3.90. The van der Waals surface area contributed by atoms with Crippen molar-refractivity contribution in [2.75, 3.05) is 39.8 Å². The van der Waals surface area contributed by atoms with E-state index in [1.54, 1.807) is 0 Å². The summed E-state index contributed by atoms with van der Waals surface area (Å²) in [6.45, 7) is 12.6. The molecule has 3 nitrogen and oxygen atoms in total. The van der Waals surface area contributed by atoms with Crippen molar-refractivity contribution in [3.8, 4) is 0 Å². The van der Waals surface area contributed by atoms with E-state index < -0.39 is 0 Å². The molecule has 0 saturated carbocycles. The minimum Gasteiger partial charge on any atom is -0.330 e. The van der Waals surface area contributed by atoms with Gasteiger partial charge in [0.05, 0.1) is 0 Å². The van der Waals surface area contributed by atoms with Gasteiger partial charge in [0.25, 0.3) is 0 Å². The quantitative estimate of drug-likeness (QED) is 0.755. The van der Waals surface area contributed by atoms with E-state index in [2.05, 4.69) is 37.6 Å². The van der Waals surface area contributed by atoms with Crippen molar-refractivity contribution in [2.45, 2.75) is 46.1 Å². The molecule has 1 rings (SSSR count). The number of likely N-dealkylation sites (tertiary alicyclic amines) is 1. The molecule has 1 aliphatic rings. The molecule has 1 saturated heterocycles. The monoisotopic (exact) mass is 255 g/mol. The molecule has 0 radical (unpaired) electrons. The van der Waals surface area contributed by atoms with Gasteiger partial charge < -0.3 is 15.5 Å². The minimum atomic E-state index is 0.666. The number of hydrogen-bond acceptors (Lipinski definition) is 3. The molecule has 0 spiro atoms. The number of rotatable bonds is 7. The van der Waals surface area contributed by atoms with Crippen molar-refractivity contribution in [1.82, 2.24) is 9.80 Å². The van der Waals surface area contributed by atoms with Gasteiger partial charge in [0.15, 0.2) is 0 Å². The van der Waals surface area contributed by atoms with Crippen LogP contribution in [0.1, 0.15) is 40.0 Å². The third-order valence-electron chi connectivity index (χ3n) is 4.31. The van der Waals surface area contributed by atoms with E-state index in [-0.39, 0.29) is 0 Å². The molecule has 18 heavy (non-hydrogen) atoms. The van der Waals surface area contributed by atoms with Crippen molar-refractivity contribution in [3.05, 3.63) is 0 Å². The first-order valence-electron chi connectivity index (χ1n) is 7.69. The van der Waals surface area contributed by atoms with Crippen molar-refractivity contribution in [3.63, 3.8) is 0 Å². The van der Waals surface area contributed by atoms with E-state index in [4.69, 9.17) is 5.73 Å². The van der Waals surface area contributed by atoms with Crippen molar-refractivity contribution < 1.29 is 0 Å². The van der Waals surface area contributed by atoms with Gasteiger partial charge in [-0.25, -0.2) is 0 Å². The lowest BCUT2D eigenvalue weighted by atomic mass is 9.95. The molecule has 0 amide bonds. The summed E-state index contributed by atoms with van der Waals surface area (Å²) in [5.41, 5.74) is 5.91. The molecule has 0 aliphatic carbocycles. The summed E-state index contributed by atoms with van der Waals surface area (Å²) >= 11 is 0. The fourth-order valence-corrected chi connectivity index (χ4v) is 3.14. The predicted molar refractivity (Wildman–Crippen MR) is 79.8 cm³/mol. The van der Waals surface area contributed by atoms with Crippen LogP contribution >= 0.6 is 0 Å². The van der Waals surface area contributed by atoms with Crippen molar-refractivity contribution in [1.29, 1.82) is 0 Å². The van der Waals surface area contributed by atoms with E-state index in [1.165, 1.54) is 45.4 Å². The van der Waals surface area contributed by atoms with Crippen LogP contribution in [0, 0.1) is 11.8 Å². The van der Waals surface area contributed by atoms with E-state index >= 15 is 0 Å². The maximum atomic E-state index is 5.91. The molecule has 1 heterocycles. The molecular weight excluding hydrogens is 222 g/mol. The number of hydrogen-bond donors (Lipinski definition) is 1. The van der Waals surface area contributed by atoms with Gasteiger partial charge >= 0.3 is 0 Å². The topological polar surface area (TPSA) is 32.5 Å². The average Bonchev–Trinajstić information content (AvgIpc) is 2.37. The normalized spacial score (nSPS) is 20.8. The molecule has 1 atom stereocenters. The first kappa shape index (κ1) is 15.9. The lowest BCUT2D eigenvalue weighted by Gasteiger charge is -2.37. The van der Waals surface area contributed by atoms with Gasteiger partial charge in [0.1, 0.15) is 0 Å². The smallest absolute Gasteiger partial charge is 0.0117 e. The molecule has 0 aromatic rings. The van der Waals surface area contributed by atoms with Gasteiger partial charge in [-0.2, -0.15) is 0 Å². The van der Waals surface area contributed by atoms with Crippen LogP contribution in [0.25, 0.3) is 0 Å². The SMILES string of the molecule is CCN1CCC(N(C)CC(CN)CC(C)C)CC1. The molecule has 0 bridgehead atoms. The van der Waals surface area contributed by atoms with Crippen molar-refractivity contribution in [2.24, 2.45) is 17.6 Å². The molecule has 0 aromatic carbocycles. The maximum Gasteiger partial charge on any atom is 0.0117 e. The van der Waals surface area contributed by atoms with Crippen LogP contribution in [0.3, 0.4) is 0 Å². The van der Waals surface area contributed by atoms with Crippen LogP contribution < -0.4 is 5.73 Å². The van der Waals surface area contributed by atoms with Gasteiger partial charge in [-0.1, -0.05) is 20.8 Å². The van der Waals surface area contributed by atoms with Crippen LogP contribution in [0.4, 0.5) is 0 Å². The Kier molecular flexibility index (Phi) is 7.20. The fourth-order valence-electron chi connectivity index (χ4n) is 3.14. The van der Waals surface area contributed by atoms with Crippen LogP contribution in [-0.4, -0.2) is 55.6 Å². The van der Waals surface area contributed by atoms with Gasteiger partial charge in [-0.15, -0.1) is 0 Å². The van der Waals surface area contributed by atoms with Crippen LogP contribution in [0.5, 0.6) is 0 Å².